The van der Waals surface area contributed by atoms with Crippen molar-refractivity contribution in [3.8, 4) is 0 Å². The fourth-order valence-corrected chi connectivity index (χ4v) is 1.75. The van der Waals surface area contributed by atoms with Gasteiger partial charge in [-0.2, -0.15) is 0 Å². The number of ether oxygens (including phenoxy) is 1. The summed E-state index contributed by atoms with van der Waals surface area (Å²) in [4.78, 5) is 2.34. The van der Waals surface area contributed by atoms with E-state index >= 15 is 0 Å². The van der Waals surface area contributed by atoms with E-state index in [-0.39, 0.29) is 5.82 Å². The summed E-state index contributed by atoms with van der Waals surface area (Å²) >= 11 is 0. The summed E-state index contributed by atoms with van der Waals surface area (Å²) < 4.78 is 18.1. The van der Waals surface area contributed by atoms with E-state index in [0.29, 0.717) is 0 Å². The predicted molar refractivity (Wildman–Crippen MR) is 56.2 cm³/mol. The van der Waals surface area contributed by atoms with Crippen molar-refractivity contribution in [3.05, 3.63) is 35.6 Å². The van der Waals surface area contributed by atoms with Crippen LogP contribution in [-0.4, -0.2) is 37.7 Å². The van der Waals surface area contributed by atoms with Gasteiger partial charge >= 0.3 is 0 Å². The van der Waals surface area contributed by atoms with Crippen molar-refractivity contribution in [1.29, 1.82) is 0 Å². The number of halogens is 1. The summed E-state index contributed by atoms with van der Waals surface area (Å²) in [6, 6.07) is 7.59. The van der Waals surface area contributed by atoms with E-state index in [2.05, 4.69) is 11.0 Å². The summed E-state index contributed by atoms with van der Waals surface area (Å²) in [5.41, 5.74) is 1.02. The van der Waals surface area contributed by atoms with Crippen molar-refractivity contribution in [1.82, 2.24) is 4.90 Å². The van der Waals surface area contributed by atoms with Crippen LogP contribution in [0.3, 0.4) is 0 Å². The quantitative estimate of drug-likeness (QED) is 0.746. The SMILES string of the molecule is Fc1c[c]cc(CCN2CCOCC2)c1. The van der Waals surface area contributed by atoms with Gasteiger partial charge in [-0.15, -0.1) is 0 Å². The molecular weight excluding hydrogens is 193 g/mol. The lowest BCUT2D eigenvalue weighted by Crippen LogP contribution is -2.37. The van der Waals surface area contributed by atoms with Crippen LogP contribution in [0.5, 0.6) is 0 Å². The second-order valence-electron chi connectivity index (χ2n) is 3.76. The van der Waals surface area contributed by atoms with Crippen LogP contribution in [-0.2, 0) is 11.2 Å². The highest BCUT2D eigenvalue weighted by atomic mass is 19.1. The van der Waals surface area contributed by atoms with Gasteiger partial charge in [0.1, 0.15) is 5.82 Å². The third-order valence-corrected chi connectivity index (χ3v) is 2.63. The molecule has 1 radical (unpaired) electrons. The Morgan fingerprint density at radius 2 is 2.13 bits per heavy atom. The van der Waals surface area contributed by atoms with E-state index in [4.69, 9.17) is 4.74 Å². The van der Waals surface area contributed by atoms with E-state index in [1.165, 1.54) is 6.07 Å². The summed E-state index contributed by atoms with van der Waals surface area (Å²) in [5.74, 6) is -0.200. The molecule has 0 saturated carbocycles. The molecule has 0 aromatic heterocycles. The minimum atomic E-state index is -0.200. The third-order valence-electron chi connectivity index (χ3n) is 2.63. The maximum Gasteiger partial charge on any atom is 0.124 e. The molecule has 0 bridgehead atoms. The summed E-state index contributed by atoms with van der Waals surface area (Å²) in [6.45, 7) is 4.57. The molecule has 81 valence electrons. The van der Waals surface area contributed by atoms with E-state index in [1.807, 2.05) is 6.07 Å². The van der Waals surface area contributed by atoms with Crippen molar-refractivity contribution in [2.24, 2.45) is 0 Å². The van der Waals surface area contributed by atoms with Gasteiger partial charge in [0.15, 0.2) is 0 Å². The van der Waals surface area contributed by atoms with E-state index in [9.17, 15) is 4.39 Å². The van der Waals surface area contributed by atoms with Crippen LogP contribution in [0.25, 0.3) is 0 Å². The first-order valence-corrected chi connectivity index (χ1v) is 5.30. The third kappa shape index (κ3) is 3.29. The Morgan fingerprint density at radius 3 is 2.87 bits per heavy atom. The number of morpholine rings is 1. The molecule has 0 unspecified atom stereocenters. The number of rotatable bonds is 3. The van der Waals surface area contributed by atoms with Crippen molar-refractivity contribution in [2.45, 2.75) is 6.42 Å². The van der Waals surface area contributed by atoms with Gasteiger partial charge in [0.25, 0.3) is 0 Å². The second-order valence-corrected chi connectivity index (χ2v) is 3.76. The molecule has 0 spiro atoms. The van der Waals surface area contributed by atoms with Crippen LogP contribution in [0.2, 0.25) is 0 Å². The monoisotopic (exact) mass is 208 g/mol. The molecule has 0 aliphatic carbocycles. The molecule has 1 aliphatic rings. The lowest BCUT2D eigenvalue weighted by Gasteiger charge is -2.26. The van der Waals surface area contributed by atoms with Crippen LogP contribution >= 0.6 is 0 Å². The molecule has 2 rings (SSSR count). The van der Waals surface area contributed by atoms with Gasteiger partial charge in [-0.25, -0.2) is 4.39 Å². The van der Waals surface area contributed by atoms with Gasteiger partial charge in [-0.3, -0.25) is 4.90 Å². The molecule has 3 heteroatoms. The number of nitrogens with zero attached hydrogens (tertiary/aromatic N) is 1. The normalized spacial score (nSPS) is 17.9. The Kier molecular flexibility index (Phi) is 3.69. The Balaban J connectivity index is 1.81. The standard InChI is InChI=1S/C12H15FNO/c13-12-3-1-2-11(10-12)4-5-14-6-8-15-9-7-14/h2-3,10H,4-9H2. The van der Waals surface area contributed by atoms with Crippen molar-refractivity contribution in [2.75, 3.05) is 32.8 Å². The minimum Gasteiger partial charge on any atom is -0.379 e. The van der Waals surface area contributed by atoms with Crippen LogP contribution in [0.1, 0.15) is 5.56 Å². The molecular formula is C12H15FNO. The molecule has 0 N–H and O–H groups in total. The average molecular weight is 208 g/mol. The van der Waals surface area contributed by atoms with Crippen molar-refractivity contribution < 1.29 is 9.13 Å². The van der Waals surface area contributed by atoms with Gasteiger partial charge < -0.3 is 4.74 Å². The zero-order valence-corrected chi connectivity index (χ0v) is 8.71. The maximum absolute atomic E-state index is 12.9. The molecule has 1 heterocycles. The van der Waals surface area contributed by atoms with E-state index < -0.39 is 0 Å². The van der Waals surface area contributed by atoms with Gasteiger partial charge in [0, 0.05) is 19.6 Å². The Hall–Kier alpha value is -0.930. The summed E-state index contributed by atoms with van der Waals surface area (Å²) in [6.07, 6.45) is 0.883. The molecule has 1 saturated heterocycles. The Labute approximate surface area is 89.7 Å². The topological polar surface area (TPSA) is 12.5 Å². The second kappa shape index (κ2) is 5.24. The lowest BCUT2D eigenvalue weighted by atomic mass is 10.1. The van der Waals surface area contributed by atoms with Crippen LogP contribution in [0, 0.1) is 11.9 Å². The minimum absolute atomic E-state index is 0.200. The summed E-state index contributed by atoms with van der Waals surface area (Å²) in [7, 11) is 0. The van der Waals surface area contributed by atoms with Crippen molar-refractivity contribution >= 4 is 0 Å². The Morgan fingerprint density at radius 1 is 1.33 bits per heavy atom. The smallest absolute Gasteiger partial charge is 0.124 e. The largest absolute Gasteiger partial charge is 0.379 e. The van der Waals surface area contributed by atoms with Crippen LogP contribution in [0.15, 0.2) is 18.2 Å². The fraction of sp³-hybridized carbons (Fsp3) is 0.500. The molecule has 2 nitrogen and oxygen atoms in total. The van der Waals surface area contributed by atoms with Crippen molar-refractivity contribution in [3.63, 3.8) is 0 Å². The zero-order chi connectivity index (χ0) is 10.5. The molecule has 1 aromatic rings. The van der Waals surface area contributed by atoms with Gasteiger partial charge in [0.05, 0.1) is 13.2 Å². The van der Waals surface area contributed by atoms with Crippen LogP contribution < -0.4 is 0 Å². The molecule has 0 amide bonds. The number of benzene rings is 1. The molecule has 15 heavy (non-hydrogen) atoms. The van der Waals surface area contributed by atoms with Gasteiger partial charge in [-0.05, 0) is 30.2 Å². The van der Waals surface area contributed by atoms with E-state index in [1.54, 1.807) is 6.07 Å². The van der Waals surface area contributed by atoms with Gasteiger partial charge in [0.2, 0.25) is 0 Å². The summed E-state index contributed by atoms with van der Waals surface area (Å²) in [5, 5.41) is 0. The first-order valence-electron chi connectivity index (χ1n) is 5.30. The fourth-order valence-electron chi connectivity index (χ4n) is 1.75. The maximum atomic E-state index is 12.9. The van der Waals surface area contributed by atoms with Gasteiger partial charge in [-0.1, -0.05) is 6.07 Å². The number of hydrogen-bond acceptors (Lipinski definition) is 2. The predicted octanol–water partition coefficient (Wildman–Crippen LogP) is 1.50. The van der Waals surface area contributed by atoms with E-state index in [0.717, 1.165) is 44.8 Å². The van der Waals surface area contributed by atoms with Crippen LogP contribution in [0.4, 0.5) is 4.39 Å². The lowest BCUT2D eigenvalue weighted by molar-refractivity contribution is 0.0384. The highest BCUT2D eigenvalue weighted by molar-refractivity contribution is 5.15. The number of hydrogen-bond donors (Lipinski definition) is 0. The first kappa shape index (κ1) is 10.6. The highest BCUT2D eigenvalue weighted by Gasteiger charge is 2.09. The Bertz CT molecular complexity index is 310. The molecule has 1 aromatic carbocycles. The zero-order valence-electron chi connectivity index (χ0n) is 8.71. The molecule has 1 fully saturated rings. The molecule has 1 aliphatic heterocycles. The average Bonchev–Trinajstić information content (AvgIpc) is 2.28. The highest BCUT2D eigenvalue weighted by Crippen LogP contribution is 2.05. The first-order chi connectivity index (χ1) is 7.34. The molecule has 0 atom stereocenters.